The summed E-state index contributed by atoms with van der Waals surface area (Å²) in [5.41, 5.74) is 0.558. The first-order chi connectivity index (χ1) is 10.4. The Hall–Kier alpha value is -2.48. The molecule has 22 heavy (non-hydrogen) atoms. The van der Waals surface area contributed by atoms with Gasteiger partial charge in [-0.15, -0.1) is 0 Å². The number of pyridine rings is 1. The summed E-state index contributed by atoms with van der Waals surface area (Å²) in [5.74, 6) is -0.534. The van der Waals surface area contributed by atoms with Crippen LogP contribution in [0.4, 0.5) is 5.69 Å². The van der Waals surface area contributed by atoms with Crippen LogP contribution in [0.25, 0.3) is 0 Å². The van der Waals surface area contributed by atoms with Crippen molar-refractivity contribution in [1.29, 1.82) is 0 Å². The Bertz CT molecular complexity index is 748. The number of methoxy groups -OCH3 is 1. The van der Waals surface area contributed by atoms with E-state index in [1.165, 1.54) is 7.11 Å². The molecule has 7 nitrogen and oxygen atoms in total. The third-order valence-electron chi connectivity index (χ3n) is 2.74. The molecule has 0 saturated carbocycles. The number of hydrogen-bond acceptors (Lipinski definition) is 6. The van der Waals surface area contributed by atoms with Crippen molar-refractivity contribution in [3.8, 4) is 11.6 Å². The van der Waals surface area contributed by atoms with Gasteiger partial charge in [0.05, 0.1) is 22.1 Å². The molecule has 0 aliphatic heterocycles. The van der Waals surface area contributed by atoms with Gasteiger partial charge in [-0.1, -0.05) is 6.07 Å². The van der Waals surface area contributed by atoms with E-state index in [9.17, 15) is 14.9 Å². The summed E-state index contributed by atoms with van der Waals surface area (Å²) in [4.78, 5) is 25.7. The van der Waals surface area contributed by atoms with E-state index in [1.54, 1.807) is 12.1 Å². The van der Waals surface area contributed by atoms with Crippen molar-refractivity contribution >= 4 is 27.6 Å². The van der Waals surface area contributed by atoms with Crippen LogP contribution in [-0.2, 0) is 4.74 Å². The first-order valence-corrected chi connectivity index (χ1v) is 6.88. The fourth-order valence-electron chi connectivity index (χ4n) is 1.67. The Kier molecular flexibility index (Phi) is 4.71. The molecule has 0 fully saturated rings. The SMILES string of the molecule is COC(=O)c1cnc(Oc2ccc(C)cc2Br)c([N+](=O)[O-])c1. The van der Waals surface area contributed by atoms with Crippen molar-refractivity contribution in [1.82, 2.24) is 4.98 Å². The highest BCUT2D eigenvalue weighted by Gasteiger charge is 2.22. The molecule has 1 aromatic carbocycles. The quantitative estimate of drug-likeness (QED) is 0.466. The molecule has 1 heterocycles. The molecule has 2 rings (SSSR count). The molecule has 0 amide bonds. The van der Waals surface area contributed by atoms with Gasteiger partial charge in [-0.2, -0.15) is 0 Å². The molecular formula is C14H11BrN2O5. The number of nitrogens with zero attached hydrogens (tertiary/aromatic N) is 2. The maximum absolute atomic E-state index is 11.4. The molecule has 0 atom stereocenters. The predicted octanol–water partition coefficient (Wildman–Crippen LogP) is 3.64. The lowest BCUT2D eigenvalue weighted by Gasteiger charge is -2.08. The number of rotatable bonds is 4. The molecule has 0 N–H and O–H groups in total. The number of halogens is 1. The van der Waals surface area contributed by atoms with E-state index in [2.05, 4.69) is 25.7 Å². The number of aryl methyl sites for hydroxylation is 1. The first-order valence-electron chi connectivity index (χ1n) is 6.09. The van der Waals surface area contributed by atoms with Gasteiger partial charge in [0.15, 0.2) is 0 Å². The van der Waals surface area contributed by atoms with Crippen molar-refractivity contribution in [3.05, 3.63) is 56.2 Å². The monoisotopic (exact) mass is 366 g/mol. The van der Waals surface area contributed by atoms with Crippen LogP contribution in [-0.4, -0.2) is 23.0 Å². The summed E-state index contributed by atoms with van der Waals surface area (Å²) in [5, 5.41) is 11.1. The normalized spacial score (nSPS) is 10.1. The number of nitro groups is 1. The van der Waals surface area contributed by atoms with Crippen molar-refractivity contribution in [2.24, 2.45) is 0 Å². The Morgan fingerprint density at radius 3 is 2.68 bits per heavy atom. The maximum atomic E-state index is 11.4. The molecule has 0 aliphatic carbocycles. The van der Waals surface area contributed by atoms with Gasteiger partial charge in [-0.05, 0) is 40.5 Å². The van der Waals surface area contributed by atoms with Gasteiger partial charge in [-0.3, -0.25) is 10.1 Å². The van der Waals surface area contributed by atoms with Crippen LogP contribution < -0.4 is 4.74 Å². The number of benzene rings is 1. The third kappa shape index (κ3) is 3.40. The van der Waals surface area contributed by atoms with E-state index < -0.39 is 16.6 Å². The number of aromatic nitrogens is 1. The van der Waals surface area contributed by atoms with Crippen LogP contribution in [0.1, 0.15) is 15.9 Å². The van der Waals surface area contributed by atoms with Crippen molar-refractivity contribution in [3.63, 3.8) is 0 Å². The van der Waals surface area contributed by atoms with Crippen LogP contribution in [0.5, 0.6) is 11.6 Å². The van der Waals surface area contributed by atoms with E-state index in [-0.39, 0.29) is 11.4 Å². The minimum absolute atomic E-state index is 0.0236. The highest BCUT2D eigenvalue weighted by molar-refractivity contribution is 9.10. The molecule has 0 unspecified atom stereocenters. The molecular weight excluding hydrogens is 356 g/mol. The number of carbonyl (C=O) groups is 1. The summed E-state index contributed by atoms with van der Waals surface area (Å²) < 4.78 is 10.6. The molecule has 0 radical (unpaired) electrons. The highest BCUT2D eigenvalue weighted by Crippen LogP contribution is 2.34. The van der Waals surface area contributed by atoms with Gasteiger partial charge in [-0.25, -0.2) is 9.78 Å². The summed E-state index contributed by atoms with van der Waals surface area (Å²) in [6, 6.07) is 6.34. The lowest BCUT2D eigenvalue weighted by molar-refractivity contribution is -0.386. The minimum Gasteiger partial charge on any atom is -0.465 e. The van der Waals surface area contributed by atoms with E-state index in [4.69, 9.17) is 4.74 Å². The molecule has 0 saturated heterocycles. The highest BCUT2D eigenvalue weighted by atomic mass is 79.9. The number of esters is 1. The summed E-state index contributed by atoms with van der Waals surface area (Å²) in [6.45, 7) is 1.90. The van der Waals surface area contributed by atoms with E-state index in [1.807, 2.05) is 13.0 Å². The molecule has 114 valence electrons. The Labute approximate surface area is 134 Å². The van der Waals surface area contributed by atoms with Gasteiger partial charge in [0, 0.05) is 12.3 Å². The zero-order valence-electron chi connectivity index (χ0n) is 11.7. The molecule has 8 heteroatoms. The lowest BCUT2D eigenvalue weighted by atomic mass is 10.2. The largest absolute Gasteiger partial charge is 0.465 e. The van der Waals surface area contributed by atoms with Gasteiger partial charge in [0.2, 0.25) is 0 Å². The average molecular weight is 367 g/mol. The second-order valence-electron chi connectivity index (χ2n) is 4.33. The molecule has 2 aromatic rings. The lowest BCUT2D eigenvalue weighted by Crippen LogP contribution is -2.04. The van der Waals surface area contributed by atoms with Gasteiger partial charge >= 0.3 is 11.7 Å². The molecule has 0 bridgehead atoms. The summed E-state index contributed by atoms with van der Waals surface area (Å²) in [6.07, 6.45) is 1.16. The third-order valence-corrected chi connectivity index (χ3v) is 3.36. The van der Waals surface area contributed by atoms with Crippen LogP contribution in [0, 0.1) is 17.0 Å². The van der Waals surface area contributed by atoms with Crippen molar-refractivity contribution < 1.29 is 19.2 Å². The second-order valence-corrected chi connectivity index (χ2v) is 5.19. The van der Waals surface area contributed by atoms with E-state index in [0.29, 0.717) is 10.2 Å². The van der Waals surface area contributed by atoms with Crippen LogP contribution in [0.15, 0.2) is 34.9 Å². The summed E-state index contributed by atoms with van der Waals surface area (Å²) in [7, 11) is 1.18. The van der Waals surface area contributed by atoms with Gasteiger partial charge in [0.25, 0.3) is 5.88 Å². The van der Waals surface area contributed by atoms with E-state index >= 15 is 0 Å². The Morgan fingerprint density at radius 1 is 1.36 bits per heavy atom. The minimum atomic E-state index is -0.710. The topological polar surface area (TPSA) is 91.6 Å². The van der Waals surface area contributed by atoms with Crippen molar-refractivity contribution in [2.45, 2.75) is 6.92 Å². The molecule has 1 aromatic heterocycles. The smallest absolute Gasteiger partial charge is 0.339 e. The number of hydrogen-bond donors (Lipinski definition) is 0. The maximum Gasteiger partial charge on any atom is 0.339 e. The van der Waals surface area contributed by atoms with Gasteiger partial charge < -0.3 is 9.47 Å². The Balaban J connectivity index is 2.42. The fourth-order valence-corrected chi connectivity index (χ4v) is 2.25. The Morgan fingerprint density at radius 2 is 2.09 bits per heavy atom. The van der Waals surface area contributed by atoms with E-state index in [0.717, 1.165) is 17.8 Å². The standard InChI is InChI=1S/C14H11BrN2O5/c1-8-3-4-12(10(15)5-8)22-13-11(17(19)20)6-9(7-16-13)14(18)21-2/h3-7H,1-2H3. The number of ether oxygens (including phenoxy) is 2. The fraction of sp³-hybridized carbons (Fsp3) is 0.143. The first kappa shape index (κ1) is 15.9. The number of carbonyl (C=O) groups excluding carboxylic acids is 1. The average Bonchev–Trinajstić information content (AvgIpc) is 2.49. The van der Waals surface area contributed by atoms with Gasteiger partial charge in [0.1, 0.15) is 5.75 Å². The van der Waals surface area contributed by atoms with Crippen molar-refractivity contribution in [2.75, 3.05) is 7.11 Å². The molecule has 0 spiro atoms. The van der Waals surface area contributed by atoms with Crippen LogP contribution >= 0.6 is 15.9 Å². The second kappa shape index (κ2) is 6.52. The zero-order chi connectivity index (χ0) is 16.3. The zero-order valence-corrected chi connectivity index (χ0v) is 13.3. The van der Waals surface area contributed by atoms with Crippen LogP contribution in [0.2, 0.25) is 0 Å². The summed E-state index contributed by atoms with van der Waals surface area (Å²) >= 11 is 3.32. The van der Waals surface area contributed by atoms with Crippen LogP contribution in [0.3, 0.4) is 0 Å². The predicted molar refractivity (Wildman–Crippen MR) is 81.2 cm³/mol. The molecule has 0 aliphatic rings.